The van der Waals surface area contributed by atoms with Crippen molar-refractivity contribution >= 4 is 16.7 Å². The Balaban J connectivity index is 1.28. The number of likely N-dealkylation sites (tertiary alicyclic amines) is 1. The molecule has 2 aliphatic rings. The molecule has 1 atom stereocenters. The van der Waals surface area contributed by atoms with Crippen LogP contribution in [0.15, 0.2) is 42.5 Å². The van der Waals surface area contributed by atoms with Gasteiger partial charge in [0.25, 0.3) is 0 Å². The number of hydrogen-bond acceptors (Lipinski definition) is 3. The van der Waals surface area contributed by atoms with Crippen LogP contribution in [0.25, 0.3) is 10.8 Å². The summed E-state index contributed by atoms with van der Waals surface area (Å²) in [5, 5.41) is 5.77. The van der Waals surface area contributed by atoms with Gasteiger partial charge in [0.1, 0.15) is 0 Å². The van der Waals surface area contributed by atoms with Crippen LogP contribution in [0.2, 0.25) is 0 Å². The second-order valence-corrected chi connectivity index (χ2v) is 11.2. The lowest BCUT2D eigenvalue weighted by Gasteiger charge is -2.38. The Labute approximate surface area is 213 Å². The molecule has 1 saturated carbocycles. The number of fused-ring (bicyclic) bond motifs is 1. The minimum atomic E-state index is 0.291. The fourth-order valence-corrected chi connectivity index (χ4v) is 6.48. The molecule has 1 unspecified atom stereocenters. The van der Waals surface area contributed by atoms with Crippen LogP contribution in [0, 0.1) is 11.8 Å². The van der Waals surface area contributed by atoms with Gasteiger partial charge in [0.2, 0.25) is 5.91 Å². The van der Waals surface area contributed by atoms with E-state index in [9.17, 15) is 4.79 Å². The maximum absolute atomic E-state index is 13.2. The molecule has 1 aliphatic heterocycles. The van der Waals surface area contributed by atoms with Gasteiger partial charge in [-0.15, -0.1) is 0 Å². The van der Waals surface area contributed by atoms with Crippen LogP contribution in [0.5, 0.6) is 0 Å². The van der Waals surface area contributed by atoms with E-state index < -0.39 is 0 Å². The molecule has 0 aromatic heterocycles. The summed E-state index contributed by atoms with van der Waals surface area (Å²) in [6.45, 7) is 4.22. The number of nitrogens with one attached hydrogen (secondary N) is 1. The third kappa shape index (κ3) is 7.54. The monoisotopic (exact) mass is 477 g/mol. The molecule has 2 aromatic carbocycles. The predicted octanol–water partition coefficient (Wildman–Crippen LogP) is 5.89. The van der Waals surface area contributed by atoms with Crippen LogP contribution >= 0.6 is 0 Å². The molecule has 1 heterocycles. The zero-order valence-electron chi connectivity index (χ0n) is 22.2. The van der Waals surface area contributed by atoms with Gasteiger partial charge in [-0.2, -0.15) is 0 Å². The molecule has 0 radical (unpaired) electrons. The summed E-state index contributed by atoms with van der Waals surface area (Å²) in [5.74, 6) is 1.93. The van der Waals surface area contributed by atoms with Gasteiger partial charge in [-0.1, -0.05) is 61.7 Å². The second kappa shape index (κ2) is 13.4. The molecule has 1 aliphatic carbocycles. The highest BCUT2D eigenvalue weighted by molar-refractivity contribution is 5.90. The van der Waals surface area contributed by atoms with Crippen molar-refractivity contribution in [2.45, 2.75) is 76.7 Å². The summed E-state index contributed by atoms with van der Waals surface area (Å²) < 4.78 is 0. The highest BCUT2D eigenvalue weighted by Gasteiger charge is 2.27. The number of piperidine rings is 1. The molecule has 4 rings (SSSR count). The molecule has 4 nitrogen and oxygen atoms in total. The third-order valence-electron chi connectivity index (χ3n) is 8.65. The van der Waals surface area contributed by atoms with Gasteiger partial charge >= 0.3 is 0 Å². The molecule has 1 N–H and O–H groups in total. The summed E-state index contributed by atoms with van der Waals surface area (Å²) in [6.07, 6.45) is 13.8. The third-order valence-corrected chi connectivity index (χ3v) is 8.65. The standard InChI is InChI=1S/C31H47N3O/c1-32-19-9-15-29(33(2)24-26-10-4-3-5-11-26)22-25-17-20-34(21-18-25)31(35)23-28-14-8-13-27-12-6-7-16-30(27)28/h6-8,12-14,16,25-26,29,32H,3-5,9-11,15,17-24H2,1-2H3. The topological polar surface area (TPSA) is 35.6 Å². The number of hydrogen-bond donors (Lipinski definition) is 1. The first kappa shape index (κ1) is 26.2. The summed E-state index contributed by atoms with van der Waals surface area (Å²) in [5.41, 5.74) is 1.16. The molecule has 0 bridgehead atoms. The molecule has 2 aromatic rings. The fraction of sp³-hybridized carbons (Fsp3) is 0.645. The first-order valence-electron chi connectivity index (χ1n) is 14.2. The van der Waals surface area contributed by atoms with Crippen molar-refractivity contribution in [3.8, 4) is 0 Å². The van der Waals surface area contributed by atoms with E-state index in [-0.39, 0.29) is 0 Å². The molecule has 35 heavy (non-hydrogen) atoms. The average molecular weight is 478 g/mol. The van der Waals surface area contributed by atoms with Crippen LogP contribution in [0.1, 0.15) is 69.8 Å². The largest absolute Gasteiger partial charge is 0.342 e. The van der Waals surface area contributed by atoms with Crippen molar-refractivity contribution in [2.24, 2.45) is 11.8 Å². The highest BCUT2D eigenvalue weighted by atomic mass is 16.2. The number of rotatable bonds is 11. The maximum atomic E-state index is 13.2. The number of benzene rings is 2. The summed E-state index contributed by atoms with van der Waals surface area (Å²) in [4.78, 5) is 18.0. The van der Waals surface area contributed by atoms with Crippen molar-refractivity contribution in [2.75, 3.05) is 40.3 Å². The van der Waals surface area contributed by atoms with Crippen LogP contribution in [-0.2, 0) is 11.2 Å². The van der Waals surface area contributed by atoms with Crippen molar-refractivity contribution in [3.63, 3.8) is 0 Å². The Morgan fingerprint density at radius 1 is 1.00 bits per heavy atom. The molecule has 2 fully saturated rings. The van der Waals surface area contributed by atoms with E-state index in [1.807, 2.05) is 0 Å². The van der Waals surface area contributed by atoms with E-state index in [0.29, 0.717) is 18.4 Å². The first-order chi connectivity index (χ1) is 17.1. The Bertz CT molecular complexity index is 909. The van der Waals surface area contributed by atoms with E-state index in [2.05, 4.69) is 71.7 Å². The van der Waals surface area contributed by atoms with Crippen molar-refractivity contribution in [1.29, 1.82) is 0 Å². The van der Waals surface area contributed by atoms with Crippen LogP contribution in [0.3, 0.4) is 0 Å². The Morgan fingerprint density at radius 3 is 2.51 bits per heavy atom. The van der Waals surface area contributed by atoms with Gasteiger partial charge in [0.05, 0.1) is 6.42 Å². The smallest absolute Gasteiger partial charge is 0.227 e. The average Bonchev–Trinajstić information content (AvgIpc) is 2.89. The minimum Gasteiger partial charge on any atom is -0.342 e. The lowest BCUT2D eigenvalue weighted by atomic mass is 9.86. The predicted molar refractivity (Wildman–Crippen MR) is 148 cm³/mol. The van der Waals surface area contributed by atoms with Crippen molar-refractivity contribution < 1.29 is 4.79 Å². The summed E-state index contributed by atoms with van der Waals surface area (Å²) in [6, 6.07) is 15.4. The SMILES string of the molecule is CNCCCC(CC1CCN(C(=O)Cc2cccc3ccccc23)CC1)N(C)CC1CCCCC1. The van der Waals surface area contributed by atoms with Crippen molar-refractivity contribution in [3.05, 3.63) is 48.0 Å². The second-order valence-electron chi connectivity index (χ2n) is 11.2. The van der Waals surface area contributed by atoms with E-state index in [0.717, 1.165) is 49.9 Å². The zero-order chi connectivity index (χ0) is 24.5. The first-order valence-corrected chi connectivity index (χ1v) is 14.2. The Hall–Kier alpha value is -1.91. The molecular formula is C31H47N3O. The molecular weight excluding hydrogens is 430 g/mol. The summed E-state index contributed by atoms with van der Waals surface area (Å²) >= 11 is 0. The van der Waals surface area contributed by atoms with Gasteiger partial charge in [0.15, 0.2) is 0 Å². The molecule has 1 saturated heterocycles. The van der Waals surface area contributed by atoms with E-state index in [1.165, 1.54) is 68.7 Å². The number of carbonyl (C=O) groups is 1. The maximum Gasteiger partial charge on any atom is 0.227 e. The zero-order valence-corrected chi connectivity index (χ0v) is 22.2. The molecule has 1 amide bonds. The fourth-order valence-electron chi connectivity index (χ4n) is 6.48. The van der Waals surface area contributed by atoms with Crippen molar-refractivity contribution in [1.82, 2.24) is 15.1 Å². The molecule has 192 valence electrons. The normalized spacial score (nSPS) is 18.9. The van der Waals surface area contributed by atoms with Gasteiger partial charge < -0.3 is 15.1 Å². The number of carbonyl (C=O) groups excluding carboxylic acids is 1. The van der Waals surface area contributed by atoms with Gasteiger partial charge in [-0.25, -0.2) is 0 Å². The number of amides is 1. The lowest BCUT2D eigenvalue weighted by molar-refractivity contribution is -0.131. The Kier molecular flexibility index (Phi) is 10.0. The molecule has 0 spiro atoms. The quantitative estimate of drug-likeness (QED) is 0.410. The summed E-state index contributed by atoms with van der Waals surface area (Å²) in [7, 11) is 4.44. The van der Waals surface area contributed by atoms with Crippen LogP contribution in [-0.4, -0.2) is 62.0 Å². The van der Waals surface area contributed by atoms with Gasteiger partial charge in [-0.05, 0) is 93.8 Å². The number of nitrogens with zero attached hydrogens (tertiary/aromatic N) is 2. The van der Waals surface area contributed by atoms with E-state index >= 15 is 0 Å². The highest BCUT2D eigenvalue weighted by Crippen LogP contribution is 2.29. The lowest BCUT2D eigenvalue weighted by Crippen LogP contribution is -2.42. The van der Waals surface area contributed by atoms with Crippen LogP contribution in [0.4, 0.5) is 0 Å². The van der Waals surface area contributed by atoms with E-state index in [4.69, 9.17) is 0 Å². The van der Waals surface area contributed by atoms with Gasteiger partial charge in [-0.3, -0.25) is 4.79 Å². The van der Waals surface area contributed by atoms with Crippen LogP contribution < -0.4 is 5.32 Å². The van der Waals surface area contributed by atoms with E-state index in [1.54, 1.807) is 0 Å². The molecule has 4 heteroatoms. The van der Waals surface area contributed by atoms with Gasteiger partial charge in [0, 0.05) is 25.7 Å². The Morgan fingerprint density at radius 2 is 1.74 bits per heavy atom. The minimum absolute atomic E-state index is 0.291.